The first-order valence-corrected chi connectivity index (χ1v) is 10.1. The summed E-state index contributed by atoms with van der Waals surface area (Å²) in [6, 6.07) is 7.59. The maximum atomic E-state index is 12.7. The molecule has 2 aromatic rings. The largest absolute Gasteiger partial charge is 0.342 e. The number of piperidine rings is 1. The third-order valence-electron chi connectivity index (χ3n) is 6.12. The molecule has 0 bridgehead atoms. The monoisotopic (exact) mass is 380 g/mol. The molecule has 2 fully saturated rings. The Morgan fingerprint density at radius 2 is 2.00 bits per heavy atom. The Bertz CT molecular complexity index is 952. The van der Waals surface area contributed by atoms with Crippen molar-refractivity contribution < 1.29 is 4.79 Å². The number of carbonyl (C=O) groups is 1. The highest BCUT2D eigenvalue weighted by Crippen LogP contribution is 2.33. The average molecular weight is 380 g/mol. The zero-order chi connectivity index (χ0) is 19.8. The Balaban J connectivity index is 1.61. The number of aromatic nitrogens is 2. The quantitative estimate of drug-likeness (QED) is 0.888. The van der Waals surface area contributed by atoms with E-state index in [1.165, 1.54) is 12.0 Å². The summed E-state index contributed by atoms with van der Waals surface area (Å²) in [5, 5.41) is 0. The van der Waals surface area contributed by atoms with Gasteiger partial charge in [0.25, 0.3) is 5.56 Å². The number of rotatable bonds is 3. The molecule has 1 aromatic heterocycles. The fraction of sp³-hybridized carbons (Fsp3) is 0.500. The van der Waals surface area contributed by atoms with Crippen LogP contribution in [0.5, 0.6) is 0 Å². The minimum Gasteiger partial charge on any atom is -0.342 e. The van der Waals surface area contributed by atoms with E-state index in [4.69, 9.17) is 4.98 Å². The second-order valence-electron chi connectivity index (χ2n) is 8.31. The van der Waals surface area contributed by atoms with Crippen molar-refractivity contribution >= 4 is 17.5 Å². The van der Waals surface area contributed by atoms with Gasteiger partial charge in [0.1, 0.15) is 0 Å². The fourth-order valence-electron chi connectivity index (χ4n) is 4.37. The van der Waals surface area contributed by atoms with Crippen molar-refractivity contribution in [1.29, 1.82) is 0 Å². The highest BCUT2D eigenvalue weighted by Gasteiger charge is 2.34. The average Bonchev–Trinajstić information content (AvgIpc) is 3.05. The van der Waals surface area contributed by atoms with Gasteiger partial charge >= 0.3 is 0 Å². The molecule has 28 heavy (non-hydrogen) atoms. The van der Waals surface area contributed by atoms with Gasteiger partial charge in [0.2, 0.25) is 11.9 Å². The molecular formula is C22H28N4O2. The number of hydrogen-bond acceptors (Lipinski definition) is 4. The van der Waals surface area contributed by atoms with E-state index in [1.807, 2.05) is 24.0 Å². The van der Waals surface area contributed by atoms with Crippen molar-refractivity contribution in [3.63, 3.8) is 0 Å². The molecule has 2 saturated heterocycles. The van der Waals surface area contributed by atoms with Crippen LogP contribution in [-0.2, 0) is 4.79 Å². The Labute approximate surface area is 165 Å². The molecule has 0 aliphatic carbocycles. The van der Waals surface area contributed by atoms with E-state index in [0.29, 0.717) is 24.8 Å². The third kappa shape index (κ3) is 3.55. The topological polar surface area (TPSA) is 69.3 Å². The Kier molecular flexibility index (Phi) is 4.96. The van der Waals surface area contributed by atoms with Crippen LogP contribution in [0.1, 0.15) is 48.9 Å². The molecule has 0 spiro atoms. The van der Waals surface area contributed by atoms with Gasteiger partial charge in [-0.2, -0.15) is 0 Å². The third-order valence-corrected chi connectivity index (χ3v) is 6.12. The molecule has 1 amide bonds. The maximum absolute atomic E-state index is 12.7. The molecule has 0 radical (unpaired) electrons. The van der Waals surface area contributed by atoms with Crippen molar-refractivity contribution in [2.24, 2.45) is 5.92 Å². The number of nitrogens with zero attached hydrogens (tertiary/aromatic N) is 3. The molecule has 0 unspecified atom stereocenters. The second kappa shape index (κ2) is 7.41. The number of hydrogen-bond donors (Lipinski definition) is 1. The maximum Gasteiger partial charge on any atom is 0.252 e. The van der Waals surface area contributed by atoms with Crippen LogP contribution in [-0.4, -0.2) is 35.5 Å². The van der Waals surface area contributed by atoms with Crippen LogP contribution in [0.3, 0.4) is 0 Å². The fourth-order valence-corrected chi connectivity index (χ4v) is 4.37. The lowest BCUT2D eigenvalue weighted by Gasteiger charge is -2.31. The second-order valence-corrected chi connectivity index (χ2v) is 8.31. The van der Waals surface area contributed by atoms with Gasteiger partial charge in [0.15, 0.2) is 0 Å². The predicted octanol–water partition coefficient (Wildman–Crippen LogP) is 3.14. The van der Waals surface area contributed by atoms with Crippen LogP contribution in [0.2, 0.25) is 0 Å². The number of anilines is 2. The van der Waals surface area contributed by atoms with Crippen molar-refractivity contribution in [1.82, 2.24) is 9.97 Å². The first kappa shape index (κ1) is 18.7. The van der Waals surface area contributed by atoms with Gasteiger partial charge in [-0.25, -0.2) is 4.98 Å². The zero-order valence-electron chi connectivity index (χ0n) is 16.9. The van der Waals surface area contributed by atoms with E-state index in [1.54, 1.807) is 6.07 Å². The van der Waals surface area contributed by atoms with E-state index < -0.39 is 0 Å². The highest BCUT2D eigenvalue weighted by atomic mass is 16.2. The van der Waals surface area contributed by atoms with E-state index in [9.17, 15) is 9.59 Å². The molecule has 4 rings (SSSR count). The number of benzene rings is 1. The number of amides is 1. The normalized spacial score (nSPS) is 22.8. The molecule has 1 N–H and O–H groups in total. The summed E-state index contributed by atoms with van der Waals surface area (Å²) in [4.78, 5) is 36.7. The van der Waals surface area contributed by atoms with Gasteiger partial charge in [-0.1, -0.05) is 19.1 Å². The molecule has 148 valence electrons. The lowest BCUT2D eigenvalue weighted by Crippen LogP contribution is -2.36. The standard InChI is InChI=1S/C22H28N4O2/c1-14-6-5-9-25(12-14)22-23-18(11-20(27)24-22)17-10-21(28)26(13-17)19-8-4-7-15(2)16(19)3/h4,7-8,11,14,17H,5-6,9-10,12-13H2,1-3H3,(H,23,24,27)/t14-,17+/m1/s1. The highest BCUT2D eigenvalue weighted by molar-refractivity contribution is 5.97. The van der Waals surface area contributed by atoms with Gasteiger partial charge in [-0.15, -0.1) is 0 Å². The number of aryl methyl sites for hydroxylation is 1. The lowest BCUT2D eigenvalue weighted by molar-refractivity contribution is -0.117. The summed E-state index contributed by atoms with van der Waals surface area (Å²) < 4.78 is 0. The number of H-pyrrole nitrogens is 1. The van der Waals surface area contributed by atoms with Gasteiger partial charge in [0, 0.05) is 43.7 Å². The summed E-state index contributed by atoms with van der Waals surface area (Å²) >= 11 is 0. The molecule has 1 aromatic carbocycles. The van der Waals surface area contributed by atoms with Gasteiger partial charge in [-0.05, 0) is 49.8 Å². The Hall–Kier alpha value is -2.63. The zero-order valence-corrected chi connectivity index (χ0v) is 16.9. The molecule has 0 saturated carbocycles. The Morgan fingerprint density at radius 3 is 2.79 bits per heavy atom. The molecule has 6 nitrogen and oxygen atoms in total. The molecule has 2 aliphatic heterocycles. The van der Waals surface area contributed by atoms with Crippen molar-refractivity contribution in [3.05, 3.63) is 51.4 Å². The van der Waals surface area contributed by atoms with E-state index in [0.717, 1.165) is 36.5 Å². The molecular weight excluding hydrogens is 352 g/mol. The van der Waals surface area contributed by atoms with E-state index >= 15 is 0 Å². The molecule has 6 heteroatoms. The summed E-state index contributed by atoms with van der Waals surface area (Å²) in [7, 11) is 0. The van der Waals surface area contributed by atoms with Crippen molar-refractivity contribution in [2.75, 3.05) is 29.4 Å². The van der Waals surface area contributed by atoms with Gasteiger partial charge < -0.3 is 9.80 Å². The summed E-state index contributed by atoms with van der Waals surface area (Å²) in [6.45, 7) is 8.72. The lowest BCUT2D eigenvalue weighted by atomic mass is 10.0. The van der Waals surface area contributed by atoms with Crippen LogP contribution in [0, 0.1) is 19.8 Å². The van der Waals surface area contributed by atoms with E-state index in [2.05, 4.69) is 29.8 Å². The number of nitrogens with one attached hydrogen (secondary N) is 1. The molecule has 2 atom stereocenters. The van der Waals surface area contributed by atoms with Crippen molar-refractivity contribution in [2.45, 2.75) is 46.0 Å². The van der Waals surface area contributed by atoms with Gasteiger partial charge in [0.05, 0.1) is 5.69 Å². The molecule has 3 heterocycles. The van der Waals surface area contributed by atoms with Crippen LogP contribution >= 0.6 is 0 Å². The van der Waals surface area contributed by atoms with Crippen molar-refractivity contribution in [3.8, 4) is 0 Å². The predicted molar refractivity (Wildman–Crippen MR) is 111 cm³/mol. The first-order valence-electron chi connectivity index (χ1n) is 10.1. The first-order chi connectivity index (χ1) is 13.4. The van der Waals surface area contributed by atoms with Crippen LogP contribution < -0.4 is 15.4 Å². The summed E-state index contributed by atoms with van der Waals surface area (Å²) in [6.07, 6.45) is 2.71. The minimum atomic E-state index is -0.143. The number of carbonyl (C=O) groups excluding carboxylic acids is 1. The van der Waals surface area contributed by atoms with Crippen LogP contribution in [0.15, 0.2) is 29.1 Å². The SMILES string of the molecule is Cc1cccc(N2C[C@@H](c3cc(=O)[nH]c(N4CCC[C@@H](C)C4)n3)CC2=O)c1C. The van der Waals surface area contributed by atoms with Gasteiger partial charge in [-0.3, -0.25) is 14.6 Å². The minimum absolute atomic E-state index is 0.0596. The van der Waals surface area contributed by atoms with Crippen LogP contribution in [0.4, 0.5) is 11.6 Å². The molecule has 2 aliphatic rings. The Morgan fingerprint density at radius 1 is 1.18 bits per heavy atom. The smallest absolute Gasteiger partial charge is 0.252 e. The summed E-state index contributed by atoms with van der Waals surface area (Å²) in [5.41, 5.74) is 3.83. The van der Waals surface area contributed by atoms with Crippen LogP contribution in [0.25, 0.3) is 0 Å². The number of aromatic amines is 1. The summed E-state index contributed by atoms with van der Waals surface area (Å²) in [5.74, 6) is 1.27. The van der Waals surface area contributed by atoms with E-state index in [-0.39, 0.29) is 17.4 Å².